The molecule has 2 aliphatic rings. The van der Waals surface area contributed by atoms with Crippen molar-refractivity contribution in [2.75, 3.05) is 32.7 Å². The Kier molecular flexibility index (Phi) is 5.71. The van der Waals surface area contributed by atoms with Gasteiger partial charge in [0.25, 0.3) is 0 Å². The molecule has 1 saturated heterocycles. The molecule has 1 N–H and O–H groups in total. The fraction of sp³-hybridized carbons (Fsp3) is 0.933. The largest absolute Gasteiger partial charge is 0.392 e. The minimum Gasteiger partial charge on any atom is -0.392 e. The summed E-state index contributed by atoms with van der Waals surface area (Å²) in [6.45, 7) is 4.36. The first-order valence-electron chi connectivity index (χ1n) is 8.05. The molecule has 0 unspecified atom stereocenters. The van der Waals surface area contributed by atoms with E-state index in [-0.39, 0.29) is 12.3 Å². The minimum atomic E-state index is -4.28. The van der Waals surface area contributed by atoms with E-state index in [1.165, 1.54) is 0 Å². The highest BCUT2D eigenvalue weighted by atomic mass is 19.4. The number of aliphatic hydroxyl groups excluding tert-OH is 1. The minimum absolute atomic E-state index is 0.0713. The predicted octanol–water partition coefficient (Wildman–Crippen LogP) is 1.88. The van der Waals surface area contributed by atoms with Crippen molar-refractivity contribution in [1.82, 2.24) is 9.80 Å². The average Bonchev–Trinajstić information content (AvgIpc) is 2.46. The Bertz CT molecular complexity index is 379. The molecule has 1 aliphatic heterocycles. The van der Waals surface area contributed by atoms with Crippen molar-refractivity contribution in [2.45, 2.75) is 44.9 Å². The highest BCUT2D eigenvalue weighted by molar-refractivity contribution is 5.79. The Morgan fingerprint density at radius 1 is 1.18 bits per heavy atom. The molecule has 1 saturated carbocycles. The summed E-state index contributed by atoms with van der Waals surface area (Å²) in [5.41, 5.74) is 0. The number of hydrogen-bond acceptors (Lipinski definition) is 3. The van der Waals surface area contributed by atoms with Gasteiger partial charge in [-0.15, -0.1) is 0 Å². The van der Waals surface area contributed by atoms with E-state index in [4.69, 9.17) is 0 Å². The number of hydrogen-bond donors (Lipinski definition) is 1. The lowest BCUT2D eigenvalue weighted by atomic mass is 9.78. The van der Waals surface area contributed by atoms with Gasteiger partial charge in [0.15, 0.2) is 0 Å². The highest BCUT2D eigenvalue weighted by Crippen LogP contribution is 2.42. The summed E-state index contributed by atoms with van der Waals surface area (Å²) in [4.78, 5) is 16.1. The lowest BCUT2D eigenvalue weighted by Crippen LogP contribution is -2.53. The molecule has 0 bridgehead atoms. The van der Waals surface area contributed by atoms with E-state index < -0.39 is 24.1 Å². The van der Waals surface area contributed by atoms with Crippen LogP contribution >= 0.6 is 0 Å². The van der Waals surface area contributed by atoms with Crippen LogP contribution in [0.3, 0.4) is 0 Å². The molecule has 2 rings (SSSR count). The molecule has 0 aromatic rings. The topological polar surface area (TPSA) is 43.8 Å². The molecule has 0 aromatic carbocycles. The fourth-order valence-corrected chi connectivity index (χ4v) is 3.58. The number of aliphatic hydroxyl groups is 1. The summed E-state index contributed by atoms with van der Waals surface area (Å²) in [5.74, 6) is -2.72. The van der Waals surface area contributed by atoms with Crippen LogP contribution in [-0.2, 0) is 4.79 Å². The molecule has 2 fully saturated rings. The van der Waals surface area contributed by atoms with Crippen molar-refractivity contribution in [3.05, 3.63) is 0 Å². The van der Waals surface area contributed by atoms with Gasteiger partial charge in [-0.3, -0.25) is 9.69 Å². The zero-order valence-electron chi connectivity index (χ0n) is 13.0. The summed E-state index contributed by atoms with van der Waals surface area (Å²) in [6, 6.07) is 0. The molecule has 3 atom stereocenters. The smallest absolute Gasteiger partial charge is 0.392 e. The number of nitrogens with zero attached hydrogens (tertiary/aromatic N) is 2. The van der Waals surface area contributed by atoms with Crippen LogP contribution in [0.4, 0.5) is 13.2 Å². The molecule has 7 heteroatoms. The van der Waals surface area contributed by atoms with Crippen molar-refractivity contribution in [2.24, 2.45) is 11.8 Å². The monoisotopic (exact) mass is 322 g/mol. The van der Waals surface area contributed by atoms with Crippen molar-refractivity contribution in [1.29, 1.82) is 0 Å². The van der Waals surface area contributed by atoms with Gasteiger partial charge in [0.2, 0.25) is 5.91 Å². The first-order chi connectivity index (χ1) is 10.3. The standard InChI is InChI=1S/C15H25F3N2O2/c1-11(21)10-19-6-8-20(9-7-19)14(22)12-4-2-3-5-13(12)15(16,17)18/h11-13,21H,2-10H2,1H3/t11-,12-,13-/m0/s1. The van der Waals surface area contributed by atoms with Gasteiger partial charge in [0, 0.05) is 38.6 Å². The van der Waals surface area contributed by atoms with Crippen LogP contribution in [0.25, 0.3) is 0 Å². The van der Waals surface area contributed by atoms with Gasteiger partial charge in [0.1, 0.15) is 0 Å². The Balaban J connectivity index is 1.93. The summed E-state index contributed by atoms with van der Waals surface area (Å²) in [6.07, 6.45) is -3.05. The van der Waals surface area contributed by atoms with Gasteiger partial charge >= 0.3 is 6.18 Å². The zero-order valence-corrected chi connectivity index (χ0v) is 13.0. The number of amides is 1. The fourth-order valence-electron chi connectivity index (χ4n) is 3.58. The molecular weight excluding hydrogens is 297 g/mol. The predicted molar refractivity (Wildman–Crippen MR) is 76.2 cm³/mol. The van der Waals surface area contributed by atoms with Crippen LogP contribution in [0.15, 0.2) is 0 Å². The number of rotatable bonds is 3. The molecule has 1 aliphatic carbocycles. The first-order valence-corrected chi connectivity index (χ1v) is 8.05. The van der Waals surface area contributed by atoms with Crippen LogP contribution in [0.2, 0.25) is 0 Å². The molecule has 0 radical (unpaired) electrons. The third-order valence-corrected chi connectivity index (χ3v) is 4.71. The third-order valence-electron chi connectivity index (χ3n) is 4.71. The molecule has 128 valence electrons. The first kappa shape index (κ1) is 17.5. The highest BCUT2D eigenvalue weighted by Gasteiger charge is 2.49. The quantitative estimate of drug-likeness (QED) is 0.863. The van der Waals surface area contributed by atoms with Crippen molar-refractivity contribution < 1.29 is 23.1 Å². The summed E-state index contributed by atoms with van der Waals surface area (Å²) in [5, 5.41) is 9.36. The molecule has 1 heterocycles. The van der Waals surface area contributed by atoms with Crippen LogP contribution in [0, 0.1) is 11.8 Å². The normalized spacial score (nSPS) is 29.4. The molecule has 4 nitrogen and oxygen atoms in total. The molecule has 0 spiro atoms. The van der Waals surface area contributed by atoms with Crippen LogP contribution in [-0.4, -0.2) is 65.8 Å². The average molecular weight is 322 g/mol. The second-order valence-electron chi connectivity index (χ2n) is 6.51. The van der Waals surface area contributed by atoms with E-state index >= 15 is 0 Å². The number of piperazine rings is 1. The van der Waals surface area contributed by atoms with E-state index in [1.807, 2.05) is 4.90 Å². The van der Waals surface area contributed by atoms with E-state index in [2.05, 4.69) is 0 Å². The van der Waals surface area contributed by atoms with Gasteiger partial charge in [-0.05, 0) is 19.8 Å². The van der Waals surface area contributed by atoms with Crippen molar-refractivity contribution in [3.63, 3.8) is 0 Å². The number of alkyl halides is 3. The molecule has 1 amide bonds. The van der Waals surface area contributed by atoms with E-state index in [0.29, 0.717) is 52.0 Å². The van der Waals surface area contributed by atoms with Crippen LogP contribution in [0.1, 0.15) is 32.6 Å². The number of β-amino-alcohol motifs (C(OH)–C–C–N with tert-alkyl or cyclic N) is 1. The number of halogens is 3. The van der Waals surface area contributed by atoms with Gasteiger partial charge in [-0.25, -0.2) is 0 Å². The molecule has 22 heavy (non-hydrogen) atoms. The van der Waals surface area contributed by atoms with Crippen LogP contribution in [0.5, 0.6) is 0 Å². The second kappa shape index (κ2) is 7.17. The zero-order chi connectivity index (χ0) is 16.3. The van der Waals surface area contributed by atoms with Gasteiger partial charge < -0.3 is 10.0 Å². The Labute approximate surface area is 129 Å². The molecule has 0 aromatic heterocycles. The third kappa shape index (κ3) is 4.35. The SMILES string of the molecule is C[C@H](O)CN1CCN(C(=O)[C@H]2CCCC[C@@H]2C(F)(F)F)CC1. The lowest BCUT2D eigenvalue weighted by molar-refractivity contribution is -0.201. The Morgan fingerprint density at radius 3 is 2.32 bits per heavy atom. The molecular formula is C15H25F3N2O2. The Morgan fingerprint density at radius 2 is 1.77 bits per heavy atom. The maximum absolute atomic E-state index is 13.1. The van der Waals surface area contributed by atoms with Gasteiger partial charge in [0.05, 0.1) is 12.0 Å². The van der Waals surface area contributed by atoms with Gasteiger partial charge in [-0.1, -0.05) is 12.8 Å². The van der Waals surface area contributed by atoms with Crippen molar-refractivity contribution >= 4 is 5.91 Å². The summed E-state index contributed by atoms with van der Waals surface area (Å²) in [7, 11) is 0. The van der Waals surface area contributed by atoms with E-state index in [0.717, 1.165) is 0 Å². The summed E-state index contributed by atoms with van der Waals surface area (Å²) < 4.78 is 39.4. The lowest BCUT2D eigenvalue weighted by Gasteiger charge is -2.39. The second-order valence-corrected chi connectivity index (χ2v) is 6.51. The number of carbonyl (C=O) groups excluding carboxylic acids is 1. The number of carbonyl (C=O) groups is 1. The Hall–Kier alpha value is -0.820. The summed E-state index contributed by atoms with van der Waals surface area (Å²) >= 11 is 0. The maximum Gasteiger partial charge on any atom is 0.392 e. The van der Waals surface area contributed by atoms with E-state index in [9.17, 15) is 23.1 Å². The van der Waals surface area contributed by atoms with E-state index in [1.54, 1.807) is 11.8 Å². The van der Waals surface area contributed by atoms with Gasteiger partial charge in [-0.2, -0.15) is 13.2 Å². The van der Waals surface area contributed by atoms with Crippen molar-refractivity contribution in [3.8, 4) is 0 Å². The maximum atomic E-state index is 13.1. The van der Waals surface area contributed by atoms with Crippen LogP contribution < -0.4 is 0 Å².